The molecule has 1 aromatic carbocycles. The van der Waals surface area contributed by atoms with Gasteiger partial charge in [0.25, 0.3) is 0 Å². The highest BCUT2D eigenvalue weighted by Crippen LogP contribution is 2.39. The lowest BCUT2D eigenvalue weighted by atomic mass is 9.75. The summed E-state index contributed by atoms with van der Waals surface area (Å²) in [4.78, 5) is 0. The SMILES string of the molecule is COc1cccc(C2CC(NC3CCCCCC3C)C2)c1. The second-order valence-corrected chi connectivity index (χ2v) is 7.03. The van der Waals surface area contributed by atoms with Gasteiger partial charge >= 0.3 is 0 Å². The highest BCUT2D eigenvalue weighted by atomic mass is 16.5. The molecule has 2 atom stereocenters. The molecule has 1 aromatic rings. The van der Waals surface area contributed by atoms with Crippen LogP contribution in [0.15, 0.2) is 24.3 Å². The molecule has 116 valence electrons. The van der Waals surface area contributed by atoms with Crippen molar-refractivity contribution in [3.63, 3.8) is 0 Å². The molecule has 0 radical (unpaired) electrons. The molecule has 0 heterocycles. The number of nitrogens with one attached hydrogen (secondary N) is 1. The van der Waals surface area contributed by atoms with Gasteiger partial charge in [-0.1, -0.05) is 38.3 Å². The second-order valence-electron chi connectivity index (χ2n) is 7.03. The summed E-state index contributed by atoms with van der Waals surface area (Å²) in [5.74, 6) is 2.56. The summed E-state index contributed by atoms with van der Waals surface area (Å²) >= 11 is 0. The van der Waals surface area contributed by atoms with Gasteiger partial charge in [0.2, 0.25) is 0 Å². The van der Waals surface area contributed by atoms with E-state index in [9.17, 15) is 0 Å². The van der Waals surface area contributed by atoms with E-state index in [0.717, 1.165) is 29.7 Å². The van der Waals surface area contributed by atoms with E-state index in [1.54, 1.807) is 7.11 Å². The maximum absolute atomic E-state index is 5.33. The number of benzene rings is 1. The van der Waals surface area contributed by atoms with Gasteiger partial charge in [-0.15, -0.1) is 0 Å². The van der Waals surface area contributed by atoms with Crippen LogP contribution in [0, 0.1) is 5.92 Å². The van der Waals surface area contributed by atoms with Gasteiger partial charge < -0.3 is 10.1 Å². The molecule has 2 nitrogen and oxygen atoms in total. The van der Waals surface area contributed by atoms with Gasteiger partial charge in [-0.3, -0.25) is 0 Å². The Morgan fingerprint density at radius 1 is 1.10 bits per heavy atom. The quantitative estimate of drug-likeness (QED) is 0.823. The van der Waals surface area contributed by atoms with Gasteiger partial charge in [0.05, 0.1) is 7.11 Å². The molecule has 2 saturated carbocycles. The molecule has 0 amide bonds. The monoisotopic (exact) mass is 287 g/mol. The summed E-state index contributed by atoms with van der Waals surface area (Å²) in [6.45, 7) is 2.43. The predicted molar refractivity (Wildman–Crippen MR) is 87.9 cm³/mol. The smallest absolute Gasteiger partial charge is 0.119 e. The topological polar surface area (TPSA) is 21.3 Å². The predicted octanol–water partition coefficient (Wildman–Crippen LogP) is 4.50. The first-order chi connectivity index (χ1) is 10.3. The van der Waals surface area contributed by atoms with Gasteiger partial charge in [0.15, 0.2) is 0 Å². The molecule has 2 heteroatoms. The van der Waals surface area contributed by atoms with Crippen LogP contribution in [0.1, 0.15) is 63.4 Å². The van der Waals surface area contributed by atoms with Crippen molar-refractivity contribution in [1.29, 1.82) is 0 Å². The van der Waals surface area contributed by atoms with Crippen LogP contribution in [0.4, 0.5) is 0 Å². The van der Waals surface area contributed by atoms with Gasteiger partial charge in [0.1, 0.15) is 5.75 Å². The Morgan fingerprint density at radius 2 is 1.90 bits per heavy atom. The molecule has 1 N–H and O–H groups in total. The van der Waals surface area contributed by atoms with Crippen molar-refractivity contribution in [3.05, 3.63) is 29.8 Å². The zero-order chi connectivity index (χ0) is 14.7. The fraction of sp³-hybridized carbons (Fsp3) is 0.684. The molecule has 0 bridgehead atoms. The first kappa shape index (κ1) is 14.9. The van der Waals surface area contributed by atoms with Crippen molar-refractivity contribution in [2.75, 3.05) is 7.11 Å². The van der Waals surface area contributed by atoms with Crippen LogP contribution in [0.5, 0.6) is 5.75 Å². The minimum Gasteiger partial charge on any atom is -0.497 e. The van der Waals surface area contributed by atoms with Gasteiger partial charge in [-0.2, -0.15) is 0 Å². The van der Waals surface area contributed by atoms with Crippen LogP contribution in [-0.4, -0.2) is 19.2 Å². The first-order valence-corrected chi connectivity index (χ1v) is 8.66. The van der Waals surface area contributed by atoms with Crippen LogP contribution in [-0.2, 0) is 0 Å². The Morgan fingerprint density at radius 3 is 2.71 bits per heavy atom. The van der Waals surface area contributed by atoms with Crippen LogP contribution in [0.2, 0.25) is 0 Å². The number of rotatable bonds is 4. The highest BCUT2D eigenvalue weighted by molar-refractivity contribution is 5.32. The third-order valence-corrected chi connectivity index (χ3v) is 5.51. The van der Waals surface area contributed by atoms with Crippen molar-refractivity contribution in [2.24, 2.45) is 5.92 Å². The average Bonchev–Trinajstić information content (AvgIpc) is 2.67. The molecule has 2 aliphatic rings. The summed E-state index contributed by atoms with van der Waals surface area (Å²) in [7, 11) is 1.75. The molecule has 2 fully saturated rings. The van der Waals surface area contributed by atoms with Crippen LogP contribution in [0.25, 0.3) is 0 Å². The van der Waals surface area contributed by atoms with E-state index in [0.29, 0.717) is 0 Å². The molecule has 2 unspecified atom stereocenters. The Kier molecular flexibility index (Phi) is 4.84. The van der Waals surface area contributed by atoms with Crippen molar-refractivity contribution < 1.29 is 4.74 Å². The fourth-order valence-electron chi connectivity index (χ4n) is 3.96. The van der Waals surface area contributed by atoms with E-state index in [2.05, 4.69) is 30.4 Å². The normalized spacial score (nSPS) is 33.0. The number of ether oxygens (including phenoxy) is 1. The molecular formula is C19H29NO. The Labute approximate surface area is 129 Å². The largest absolute Gasteiger partial charge is 0.497 e. The highest BCUT2D eigenvalue weighted by Gasteiger charge is 2.33. The maximum Gasteiger partial charge on any atom is 0.119 e. The molecule has 3 rings (SSSR count). The fourth-order valence-corrected chi connectivity index (χ4v) is 3.96. The van der Waals surface area contributed by atoms with E-state index in [-0.39, 0.29) is 0 Å². The minimum absolute atomic E-state index is 0.721. The summed E-state index contributed by atoms with van der Waals surface area (Å²) in [6, 6.07) is 10.1. The van der Waals surface area contributed by atoms with E-state index >= 15 is 0 Å². The van der Waals surface area contributed by atoms with E-state index in [4.69, 9.17) is 4.74 Å². The zero-order valence-electron chi connectivity index (χ0n) is 13.5. The van der Waals surface area contributed by atoms with Crippen molar-refractivity contribution in [1.82, 2.24) is 5.32 Å². The summed E-state index contributed by atoms with van der Waals surface area (Å²) < 4.78 is 5.33. The Balaban J connectivity index is 1.51. The van der Waals surface area contributed by atoms with Crippen LogP contribution >= 0.6 is 0 Å². The van der Waals surface area contributed by atoms with Gasteiger partial charge in [-0.05, 0) is 55.2 Å². The average molecular weight is 287 g/mol. The molecule has 0 aromatic heterocycles. The third-order valence-electron chi connectivity index (χ3n) is 5.51. The molecule has 21 heavy (non-hydrogen) atoms. The third kappa shape index (κ3) is 3.60. The molecule has 0 saturated heterocycles. The summed E-state index contributed by atoms with van der Waals surface area (Å²) in [5.41, 5.74) is 1.45. The van der Waals surface area contributed by atoms with Crippen molar-refractivity contribution in [2.45, 2.75) is 69.9 Å². The maximum atomic E-state index is 5.33. The number of hydrogen-bond acceptors (Lipinski definition) is 2. The summed E-state index contributed by atoms with van der Waals surface area (Å²) in [6.07, 6.45) is 9.63. The van der Waals surface area contributed by atoms with E-state index in [1.807, 2.05) is 6.07 Å². The lowest BCUT2D eigenvalue weighted by Gasteiger charge is -2.40. The number of methoxy groups -OCH3 is 1. The van der Waals surface area contributed by atoms with Gasteiger partial charge in [0, 0.05) is 12.1 Å². The Hall–Kier alpha value is -1.02. The number of hydrogen-bond donors (Lipinski definition) is 1. The van der Waals surface area contributed by atoms with Crippen LogP contribution < -0.4 is 10.1 Å². The second kappa shape index (κ2) is 6.83. The molecule has 0 spiro atoms. The van der Waals surface area contributed by atoms with Gasteiger partial charge in [-0.25, -0.2) is 0 Å². The first-order valence-electron chi connectivity index (χ1n) is 8.66. The summed E-state index contributed by atoms with van der Waals surface area (Å²) in [5, 5.41) is 3.94. The lowest BCUT2D eigenvalue weighted by Crippen LogP contribution is -2.47. The van der Waals surface area contributed by atoms with Crippen molar-refractivity contribution in [3.8, 4) is 5.75 Å². The van der Waals surface area contributed by atoms with Crippen LogP contribution in [0.3, 0.4) is 0 Å². The van der Waals surface area contributed by atoms with Crippen molar-refractivity contribution >= 4 is 0 Å². The van der Waals surface area contributed by atoms with E-state index in [1.165, 1.54) is 50.5 Å². The van der Waals surface area contributed by atoms with E-state index < -0.39 is 0 Å². The minimum atomic E-state index is 0.721. The zero-order valence-corrected chi connectivity index (χ0v) is 13.5. The molecular weight excluding hydrogens is 258 g/mol. The molecule has 2 aliphatic carbocycles. The standard InChI is InChI=1S/C19H29NO/c1-14-7-4-3-5-10-19(14)20-17-11-16(12-17)15-8-6-9-18(13-15)21-2/h6,8-9,13-14,16-17,19-20H,3-5,7,10-12H2,1-2H3. The lowest BCUT2D eigenvalue weighted by molar-refractivity contribution is 0.228. The Bertz CT molecular complexity index is 453. The molecule has 0 aliphatic heterocycles.